The predicted molar refractivity (Wildman–Crippen MR) is 127 cm³/mol. The number of nitrogens with zero attached hydrogens (tertiary/aromatic N) is 7. The zero-order chi connectivity index (χ0) is 24.4. The van der Waals surface area contributed by atoms with Gasteiger partial charge in [0.05, 0.1) is 30.7 Å². The largest absolute Gasteiger partial charge is 0.400 e. The minimum Gasteiger partial charge on any atom is -0.400 e. The van der Waals surface area contributed by atoms with Crippen LogP contribution < -0.4 is 4.90 Å². The number of morpholine rings is 1. The molecule has 1 aliphatic rings. The maximum Gasteiger partial charge on any atom is 0.228 e. The molecule has 1 aromatic carbocycles. The molecule has 3 aromatic heterocycles. The van der Waals surface area contributed by atoms with Crippen molar-refractivity contribution >= 4 is 28.7 Å². The van der Waals surface area contributed by atoms with Gasteiger partial charge in [-0.25, -0.2) is 19.3 Å². The number of ether oxygens (including phenoxy) is 1. The van der Waals surface area contributed by atoms with Gasteiger partial charge < -0.3 is 14.7 Å². The highest BCUT2D eigenvalue weighted by molar-refractivity contribution is 6.30. The molecule has 178 valence electrons. The summed E-state index contributed by atoms with van der Waals surface area (Å²) in [6, 6.07) is 4.51. The van der Waals surface area contributed by atoms with Crippen molar-refractivity contribution in [3.8, 4) is 11.3 Å². The fourth-order valence-corrected chi connectivity index (χ4v) is 3.91. The minimum absolute atomic E-state index is 0.168. The normalized spacial score (nSPS) is 15.9. The molecule has 0 radical (unpaired) electrons. The lowest BCUT2D eigenvalue weighted by molar-refractivity contribution is 0.0392. The van der Waals surface area contributed by atoms with Crippen LogP contribution in [0.25, 0.3) is 22.4 Å². The summed E-state index contributed by atoms with van der Waals surface area (Å²) >= 11 is 5.97. The van der Waals surface area contributed by atoms with E-state index in [4.69, 9.17) is 26.4 Å². The quantitative estimate of drug-likeness (QED) is 0.471. The van der Waals surface area contributed by atoms with Crippen molar-refractivity contribution in [3.63, 3.8) is 0 Å². The van der Waals surface area contributed by atoms with Crippen LogP contribution in [0.3, 0.4) is 0 Å². The highest BCUT2D eigenvalue weighted by atomic mass is 35.5. The number of aliphatic hydroxyl groups is 1. The molecule has 1 aliphatic heterocycles. The topological polar surface area (TPSA) is 102 Å². The molecule has 5 rings (SSSR count). The van der Waals surface area contributed by atoms with Crippen molar-refractivity contribution in [2.75, 3.05) is 31.7 Å². The van der Waals surface area contributed by atoms with E-state index in [9.17, 15) is 4.39 Å². The van der Waals surface area contributed by atoms with E-state index in [-0.39, 0.29) is 6.10 Å². The standard InChI is InChI=1S/C22H21ClFN7O.CH4O/c1-12-13(2)27-21-20(26-12)19(16-5-4-15(23)8-17(16)24)28-22(29-21)31-6-7-32-18(11-31)14-9-25-30(3)10-14;1-2/h4-5,8-10,18H,6-7,11H2,1-3H3;2H,1H3. The fourth-order valence-electron chi connectivity index (χ4n) is 3.75. The molecule has 1 N–H and O–H groups in total. The Morgan fingerprint density at radius 1 is 1.12 bits per heavy atom. The van der Waals surface area contributed by atoms with Gasteiger partial charge in [0.1, 0.15) is 23.1 Å². The second-order valence-corrected chi connectivity index (χ2v) is 8.25. The van der Waals surface area contributed by atoms with Gasteiger partial charge >= 0.3 is 0 Å². The summed E-state index contributed by atoms with van der Waals surface area (Å²) in [4.78, 5) is 20.7. The fraction of sp³-hybridized carbons (Fsp3) is 0.348. The van der Waals surface area contributed by atoms with Gasteiger partial charge in [-0.3, -0.25) is 4.68 Å². The summed E-state index contributed by atoms with van der Waals surface area (Å²) in [6.45, 7) is 5.38. The van der Waals surface area contributed by atoms with Gasteiger partial charge in [-0.1, -0.05) is 11.6 Å². The number of anilines is 1. The van der Waals surface area contributed by atoms with E-state index in [0.29, 0.717) is 53.1 Å². The van der Waals surface area contributed by atoms with E-state index in [1.54, 1.807) is 23.0 Å². The first-order valence-electron chi connectivity index (χ1n) is 10.7. The molecule has 4 heterocycles. The smallest absolute Gasteiger partial charge is 0.228 e. The van der Waals surface area contributed by atoms with Crippen LogP contribution in [0.1, 0.15) is 23.1 Å². The van der Waals surface area contributed by atoms with Crippen LogP contribution in [0.4, 0.5) is 10.3 Å². The van der Waals surface area contributed by atoms with Crippen molar-refractivity contribution in [1.82, 2.24) is 29.7 Å². The summed E-state index contributed by atoms with van der Waals surface area (Å²) in [5.41, 5.74) is 4.06. The van der Waals surface area contributed by atoms with Gasteiger partial charge in [-0.2, -0.15) is 10.1 Å². The molecular formula is C23H25ClFN7O2. The Morgan fingerprint density at radius 3 is 2.59 bits per heavy atom. The molecule has 0 saturated carbocycles. The van der Waals surface area contributed by atoms with Gasteiger partial charge in [0.25, 0.3) is 0 Å². The zero-order valence-electron chi connectivity index (χ0n) is 19.3. The summed E-state index contributed by atoms with van der Waals surface area (Å²) < 4.78 is 22.6. The van der Waals surface area contributed by atoms with Gasteiger partial charge in [-0.05, 0) is 32.0 Å². The van der Waals surface area contributed by atoms with E-state index in [1.165, 1.54) is 6.07 Å². The minimum atomic E-state index is -0.473. The Morgan fingerprint density at radius 2 is 1.88 bits per heavy atom. The lowest BCUT2D eigenvalue weighted by Gasteiger charge is -2.32. The van der Waals surface area contributed by atoms with Crippen LogP contribution >= 0.6 is 11.6 Å². The van der Waals surface area contributed by atoms with E-state index in [2.05, 4.69) is 20.1 Å². The molecule has 0 spiro atoms. The summed E-state index contributed by atoms with van der Waals surface area (Å²) in [5.74, 6) is -0.0183. The molecule has 1 fully saturated rings. The van der Waals surface area contributed by atoms with Crippen LogP contribution in [-0.2, 0) is 11.8 Å². The third kappa shape index (κ3) is 4.70. The van der Waals surface area contributed by atoms with E-state index in [0.717, 1.165) is 24.1 Å². The number of aryl methyl sites for hydroxylation is 3. The molecule has 11 heteroatoms. The average molecular weight is 486 g/mol. The maximum atomic E-state index is 14.9. The molecule has 4 aromatic rings. The highest BCUT2D eigenvalue weighted by Crippen LogP contribution is 2.32. The third-order valence-electron chi connectivity index (χ3n) is 5.56. The van der Waals surface area contributed by atoms with Crippen molar-refractivity contribution in [2.45, 2.75) is 20.0 Å². The number of aliphatic hydroxyl groups excluding tert-OH is 1. The number of halogens is 2. The number of rotatable bonds is 3. The Labute approximate surface area is 201 Å². The van der Waals surface area contributed by atoms with Crippen LogP contribution in [0.15, 0.2) is 30.6 Å². The Hall–Kier alpha value is -3.21. The van der Waals surface area contributed by atoms with Crippen molar-refractivity contribution in [3.05, 3.63) is 58.4 Å². The number of benzene rings is 1. The Kier molecular flexibility index (Phi) is 7.01. The number of hydrogen-bond donors (Lipinski definition) is 1. The lowest BCUT2D eigenvalue weighted by Crippen LogP contribution is -2.39. The first-order chi connectivity index (χ1) is 16.4. The molecule has 1 unspecified atom stereocenters. The van der Waals surface area contributed by atoms with Crippen LogP contribution in [-0.4, -0.2) is 61.6 Å². The van der Waals surface area contributed by atoms with E-state index in [1.807, 2.05) is 32.0 Å². The second-order valence-electron chi connectivity index (χ2n) is 7.82. The molecule has 34 heavy (non-hydrogen) atoms. The molecular weight excluding hydrogens is 461 g/mol. The number of aromatic nitrogens is 6. The van der Waals surface area contributed by atoms with Crippen LogP contribution in [0.5, 0.6) is 0 Å². The monoisotopic (exact) mass is 485 g/mol. The molecule has 1 saturated heterocycles. The van der Waals surface area contributed by atoms with Gasteiger partial charge in [0, 0.05) is 43.0 Å². The molecule has 0 aliphatic carbocycles. The highest BCUT2D eigenvalue weighted by Gasteiger charge is 2.27. The SMILES string of the molecule is CO.Cc1nc2nc(N3CCOC(c4cnn(C)c4)C3)nc(-c3ccc(Cl)cc3F)c2nc1C. The number of hydrogen-bond acceptors (Lipinski definition) is 8. The first-order valence-corrected chi connectivity index (χ1v) is 11.0. The molecule has 9 nitrogen and oxygen atoms in total. The summed E-state index contributed by atoms with van der Waals surface area (Å²) in [6.07, 6.45) is 3.56. The molecule has 0 amide bonds. The Balaban J connectivity index is 0.00000133. The van der Waals surface area contributed by atoms with Gasteiger partial charge in [0.15, 0.2) is 5.65 Å². The summed E-state index contributed by atoms with van der Waals surface area (Å²) in [5, 5.41) is 11.6. The predicted octanol–water partition coefficient (Wildman–Crippen LogP) is 3.42. The molecule has 1 atom stereocenters. The van der Waals surface area contributed by atoms with E-state index < -0.39 is 5.82 Å². The maximum absolute atomic E-state index is 14.9. The summed E-state index contributed by atoms with van der Waals surface area (Å²) in [7, 11) is 2.87. The van der Waals surface area contributed by atoms with Crippen molar-refractivity contribution in [1.29, 1.82) is 0 Å². The first kappa shape index (κ1) is 23.9. The van der Waals surface area contributed by atoms with Crippen molar-refractivity contribution in [2.24, 2.45) is 7.05 Å². The number of fused-ring (bicyclic) bond motifs is 1. The Bertz CT molecular complexity index is 1330. The zero-order valence-corrected chi connectivity index (χ0v) is 20.1. The van der Waals surface area contributed by atoms with Crippen molar-refractivity contribution < 1.29 is 14.2 Å². The van der Waals surface area contributed by atoms with Gasteiger partial charge in [-0.15, -0.1) is 0 Å². The lowest BCUT2D eigenvalue weighted by atomic mass is 10.1. The van der Waals surface area contributed by atoms with Gasteiger partial charge in [0.2, 0.25) is 5.95 Å². The van der Waals surface area contributed by atoms with Crippen LogP contribution in [0, 0.1) is 19.7 Å². The third-order valence-corrected chi connectivity index (χ3v) is 5.80. The second kappa shape index (κ2) is 9.96. The van der Waals surface area contributed by atoms with E-state index >= 15 is 0 Å². The average Bonchev–Trinajstić information content (AvgIpc) is 3.27. The molecule has 0 bridgehead atoms. The van der Waals surface area contributed by atoms with Crippen LogP contribution in [0.2, 0.25) is 5.02 Å².